The Morgan fingerprint density at radius 2 is 1.86 bits per heavy atom. The second-order valence-corrected chi connectivity index (χ2v) is 7.60. The molecule has 0 aliphatic carbocycles. The van der Waals surface area contributed by atoms with Gasteiger partial charge in [-0.1, -0.05) is 35.3 Å². The summed E-state index contributed by atoms with van der Waals surface area (Å²) in [5, 5.41) is 2.78. The van der Waals surface area contributed by atoms with Crippen molar-refractivity contribution in [2.45, 2.75) is 0 Å². The van der Waals surface area contributed by atoms with Crippen molar-refractivity contribution in [2.75, 3.05) is 13.1 Å². The minimum Gasteiger partial charge on any atom is -0.350 e. The Labute approximate surface area is 174 Å². The van der Waals surface area contributed by atoms with Crippen LogP contribution in [-0.4, -0.2) is 35.0 Å². The molecule has 28 heavy (non-hydrogen) atoms. The van der Waals surface area contributed by atoms with Gasteiger partial charge in [0.2, 0.25) is 0 Å². The second-order valence-electron chi connectivity index (χ2n) is 5.76. The molecule has 1 saturated heterocycles. The summed E-state index contributed by atoms with van der Waals surface area (Å²) in [6.45, 7) is 0.0683. The summed E-state index contributed by atoms with van der Waals surface area (Å²) in [5.74, 6) is -1.31. The number of imide groups is 1. The molecule has 1 N–H and O–H groups in total. The lowest BCUT2D eigenvalue weighted by Crippen LogP contribution is -2.37. The smallest absolute Gasteiger partial charge is 0.293 e. The zero-order valence-electron chi connectivity index (χ0n) is 14.2. The molecule has 2 aromatic rings. The zero-order valence-corrected chi connectivity index (χ0v) is 16.6. The third kappa shape index (κ3) is 4.73. The summed E-state index contributed by atoms with van der Waals surface area (Å²) >= 11 is 12.6. The van der Waals surface area contributed by atoms with E-state index in [0.717, 1.165) is 16.7 Å². The topological polar surface area (TPSA) is 66.5 Å². The van der Waals surface area contributed by atoms with Gasteiger partial charge in [-0.3, -0.25) is 19.3 Å². The van der Waals surface area contributed by atoms with E-state index in [4.69, 9.17) is 23.2 Å². The summed E-state index contributed by atoms with van der Waals surface area (Å²) < 4.78 is 13.0. The summed E-state index contributed by atoms with van der Waals surface area (Å²) in [4.78, 5) is 38.0. The van der Waals surface area contributed by atoms with E-state index in [9.17, 15) is 18.8 Å². The highest BCUT2D eigenvalue weighted by atomic mass is 35.5. The van der Waals surface area contributed by atoms with E-state index in [1.54, 1.807) is 6.07 Å². The van der Waals surface area contributed by atoms with Gasteiger partial charge in [-0.2, -0.15) is 0 Å². The lowest BCUT2D eigenvalue weighted by atomic mass is 10.2. The van der Waals surface area contributed by atoms with Gasteiger partial charge in [0.05, 0.1) is 15.5 Å². The first-order valence-electron chi connectivity index (χ1n) is 8.09. The minimum atomic E-state index is -0.464. The molecular formula is C19H13Cl2FN2O3S. The summed E-state index contributed by atoms with van der Waals surface area (Å²) in [5.41, 5.74) is 0.815. The van der Waals surface area contributed by atoms with Crippen molar-refractivity contribution in [3.05, 3.63) is 74.4 Å². The first kappa shape index (κ1) is 20.4. The van der Waals surface area contributed by atoms with Crippen LogP contribution in [-0.2, 0) is 4.79 Å². The quantitative estimate of drug-likeness (QED) is 0.692. The average Bonchev–Trinajstić information content (AvgIpc) is 2.92. The molecule has 2 aromatic carbocycles. The molecule has 0 bridgehead atoms. The first-order valence-corrected chi connectivity index (χ1v) is 9.66. The number of hydrogen-bond acceptors (Lipinski definition) is 4. The maximum absolute atomic E-state index is 13.0. The SMILES string of the molecule is O=C(NCCN1C(=O)S/C(=C\c2ccc(F)cc2)C1=O)c1cc(Cl)ccc1Cl. The lowest BCUT2D eigenvalue weighted by Gasteiger charge is -2.13. The molecule has 1 aliphatic heterocycles. The Morgan fingerprint density at radius 1 is 1.14 bits per heavy atom. The average molecular weight is 439 g/mol. The highest BCUT2D eigenvalue weighted by molar-refractivity contribution is 8.18. The van der Waals surface area contributed by atoms with Crippen LogP contribution in [0.25, 0.3) is 6.08 Å². The van der Waals surface area contributed by atoms with Crippen molar-refractivity contribution in [1.82, 2.24) is 10.2 Å². The zero-order chi connectivity index (χ0) is 20.3. The molecule has 0 radical (unpaired) electrons. The van der Waals surface area contributed by atoms with Crippen molar-refractivity contribution in [3.8, 4) is 0 Å². The van der Waals surface area contributed by atoms with Crippen LogP contribution in [0.4, 0.5) is 9.18 Å². The van der Waals surface area contributed by atoms with Crippen LogP contribution < -0.4 is 5.32 Å². The number of hydrogen-bond donors (Lipinski definition) is 1. The number of amides is 3. The molecule has 1 aliphatic rings. The Bertz CT molecular complexity index is 980. The molecule has 1 heterocycles. The van der Waals surface area contributed by atoms with Gasteiger partial charge in [-0.25, -0.2) is 4.39 Å². The molecule has 0 spiro atoms. The van der Waals surface area contributed by atoms with Gasteiger partial charge in [-0.05, 0) is 53.7 Å². The maximum Gasteiger partial charge on any atom is 0.293 e. The van der Waals surface area contributed by atoms with E-state index in [2.05, 4.69) is 5.32 Å². The molecule has 1 fully saturated rings. The second kappa shape index (κ2) is 8.77. The highest BCUT2D eigenvalue weighted by Gasteiger charge is 2.34. The first-order chi connectivity index (χ1) is 13.3. The fraction of sp³-hybridized carbons (Fsp3) is 0.105. The lowest BCUT2D eigenvalue weighted by molar-refractivity contribution is -0.122. The van der Waals surface area contributed by atoms with Crippen molar-refractivity contribution in [2.24, 2.45) is 0 Å². The van der Waals surface area contributed by atoms with Crippen LogP contribution in [0.1, 0.15) is 15.9 Å². The van der Waals surface area contributed by atoms with E-state index < -0.39 is 17.1 Å². The molecule has 0 saturated carbocycles. The molecule has 5 nitrogen and oxygen atoms in total. The number of carbonyl (C=O) groups excluding carboxylic acids is 3. The van der Waals surface area contributed by atoms with Crippen molar-refractivity contribution < 1.29 is 18.8 Å². The molecule has 9 heteroatoms. The molecule has 0 aromatic heterocycles. The standard InChI is InChI=1S/C19H13Cl2FN2O3S/c20-12-3-6-15(21)14(10-12)17(25)23-7-8-24-18(26)16(28-19(24)27)9-11-1-4-13(22)5-2-11/h1-6,9-10H,7-8H2,(H,23,25)/b16-9-. The predicted octanol–water partition coefficient (Wildman–Crippen LogP) is 4.60. The van der Waals surface area contributed by atoms with E-state index in [1.165, 1.54) is 42.5 Å². The molecule has 0 unspecified atom stereocenters. The summed E-state index contributed by atoms with van der Waals surface area (Å²) in [6, 6.07) is 10.1. The van der Waals surface area contributed by atoms with Gasteiger partial charge in [0.25, 0.3) is 17.1 Å². The highest BCUT2D eigenvalue weighted by Crippen LogP contribution is 2.32. The summed E-state index contributed by atoms with van der Waals surface area (Å²) in [6.07, 6.45) is 1.52. The van der Waals surface area contributed by atoms with Gasteiger partial charge in [0.1, 0.15) is 5.82 Å². The molecule has 144 valence electrons. The third-order valence-corrected chi connectivity index (χ3v) is 5.31. The molecular weight excluding hydrogens is 426 g/mol. The number of nitrogens with zero attached hydrogens (tertiary/aromatic N) is 1. The Balaban J connectivity index is 1.61. The largest absolute Gasteiger partial charge is 0.350 e. The number of thioether (sulfide) groups is 1. The predicted molar refractivity (Wildman–Crippen MR) is 108 cm³/mol. The Hall–Kier alpha value is -2.35. The van der Waals surface area contributed by atoms with Crippen molar-refractivity contribution in [1.29, 1.82) is 0 Å². The van der Waals surface area contributed by atoms with Gasteiger partial charge < -0.3 is 5.32 Å². The fourth-order valence-electron chi connectivity index (χ4n) is 2.45. The van der Waals surface area contributed by atoms with Gasteiger partial charge in [0.15, 0.2) is 0 Å². The van der Waals surface area contributed by atoms with E-state index in [-0.39, 0.29) is 34.4 Å². The van der Waals surface area contributed by atoms with Gasteiger partial charge >= 0.3 is 0 Å². The van der Waals surface area contributed by atoms with Gasteiger partial charge in [-0.15, -0.1) is 0 Å². The Kier molecular flexibility index (Phi) is 6.39. The minimum absolute atomic E-state index is 0.00928. The van der Waals surface area contributed by atoms with Crippen LogP contribution >= 0.6 is 35.0 Å². The number of benzene rings is 2. The maximum atomic E-state index is 13.0. The van der Waals surface area contributed by atoms with Crippen LogP contribution in [0.5, 0.6) is 0 Å². The van der Waals surface area contributed by atoms with Crippen LogP contribution in [0.15, 0.2) is 47.4 Å². The number of rotatable bonds is 5. The number of carbonyl (C=O) groups is 3. The summed E-state index contributed by atoms with van der Waals surface area (Å²) in [7, 11) is 0. The Morgan fingerprint density at radius 3 is 2.57 bits per heavy atom. The van der Waals surface area contributed by atoms with Crippen LogP contribution in [0.3, 0.4) is 0 Å². The van der Waals surface area contributed by atoms with E-state index >= 15 is 0 Å². The molecule has 3 rings (SSSR count). The van der Waals surface area contributed by atoms with Crippen LogP contribution in [0.2, 0.25) is 10.0 Å². The van der Waals surface area contributed by atoms with Crippen molar-refractivity contribution >= 4 is 58.1 Å². The molecule has 0 atom stereocenters. The monoisotopic (exact) mass is 438 g/mol. The third-order valence-electron chi connectivity index (χ3n) is 3.84. The number of halogens is 3. The number of nitrogens with one attached hydrogen (secondary N) is 1. The normalized spacial score (nSPS) is 15.4. The van der Waals surface area contributed by atoms with E-state index in [1.807, 2.05) is 0 Å². The van der Waals surface area contributed by atoms with Gasteiger partial charge in [0, 0.05) is 18.1 Å². The van der Waals surface area contributed by atoms with E-state index in [0.29, 0.717) is 10.6 Å². The molecule has 3 amide bonds. The van der Waals surface area contributed by atoms with Crippen LogP contribution in [0, 0.1) is 5.82 Å². The van der Waals surface area contributed by atoms with Crippen molar-refractivity contribution in [3.63, 3.8) is 0 Å². The fourth-order valence-corrected chi connectivity index (χ4v) is 3.69.